The Labute approximate surface area is 113 Å². The molecule has 1 heterocycles. The van der Waals surface area contributed by atoms with Gasteiger partial charge in [0.25, 0.3) is 0 Å². The Morgan fingerprint density at radius 3 is 2.83 bits per heavy atom. The maximum Gasteiger partial charge on any atom is 0.307 e. The number of aromatic nitrogens is 2. The van der Waals surface area contributed by atoms with Crippen molar-refractivity contribution < 1.29 is 9.90 Å². The summed E-state index contributed by atoms with van der Waals surface area (Å²) in [6, 6.07) is 5.13. The summed E-state index contributed by atoms with van der Waals surface area (Å²) >= 11 is 12.0. The van der Waals surface area contributed by atoms with E-state index in [1.54, 1.807) is 18.2 Å². The lowest BCUT2D eigenvalue weighted by Crippen LogP contribution is -2.04. The Morgan fingerprint density at radius 2 is 2.11 bits per heavy atom. The quantitative estimate of drug-likeness (QED) is 0.940. The maximum atomic E-state index is 10.8. The zero-order valence-corrected chi connectivity index (χ0v) is 10.6. The van der Waals surface area contributed by atoms with E-state index in [0.717, 1.165) is 0 Å². The molecule has 0 unspecified atom stereocenters. The highest BCUT2D eigenvalue weighted by Crippen LogP contribution is 2.33. The monoisotopic (exact) mass is 282 g/mol. The topological polar surface area (TPSA) is 63.1 Å². The van der Waals surface area contributed by atoms with Crippen LogP contribution in [-0.4, -0.2) is 21.0 Å². The fraction of sp³-hybridized carbons (Fsp3) is 0.0833. The maximum absolute atomic E-state index is 10.8. The van der Waals surface area contributed by atoms with E-state index < -0.39 is 5.97 Å². The van der Waals surface area contributed by atoms with Crippen LogP contribution < -0.4 is 0 Å². The molecular weight excluding hydrogens is 275 g/mol. The number of hydrogen-bond acceptors (Lipinski definition) is 3. The Balaban J connectivity index is 2.57. The van der Waals surface area contributed by atoms with E-state index in [1.165, 1.54) is 12.5 Å². The van der Waals surface area contributed by atoms with Crippen molar-refractivity contribution in [1.29, 1.82) is 0 Å². The third-order valence-corrected chi connectivity index (χ3v) is 3.16. The van der Waals surface area contributed by atoms with Gasteiger partial charge < -0.3 is 5.11 Å². The van der Waals surface area contributed by atoms with Crippen molar-refractivity contribution in [2.45, 2.75) is 6.42 Å². The smallest absolute Gasteiger partial charge is 0.307 e. The largest absolute Gasteiger partial charge is 0.481 e. The first-order valence-corrected chi connectivity index (χ1v) is 5.80. The zero-order valence-electron chi connectivity index (χ0n) is 9.10. The fourth-order valence-electron chi connectivity index (χ4n) is 1.58. The van der Waals surface area contributed by atoms with Gasteiger partial charge in [-0.1, -0.05) is 35.3 Å². The van der Waals surface area contributed by atoms with Crippen molar-refractivity contribution in [3.05, 3.63) is 46.3 Å². The SMILES string of the molecule is O=C(O)Cc1cncnc1-c1cccc(Cl)c1Cl. The number of aliphatic carboxylic acids is 1. The fourth-order valence-corrected chi connectivity index (χ4v) is 1.97. The minimum atomic E-state index is -0.954. The van der Waals surface area contributed by atoms with E-state index in [-0.39, 0.29) is 6.42 Å². The van der Waals surface area contributed by atoms with Crippen LogP contribution in [0.4, 0.5) is 0 Å². The molecule has 4 nitrogen and oxygen atoms in total. The molecule has 0 atom stereocenters. The van der Waals surface area contributed by atoms with E-state index in [2.05, 4.69) is 9.97 Å². The second kappa shape index (κ2) is 5.33. The lowest BCUT2D eigenvalue weighted by molar-refractivity contribution is -0.136. The van der Waals surface area contributed by atoms with Crippen LogP contribution in [0.3, 0.4) is 0 Å². The van der Waals surface area contributed by atoms with Gasteiger partial charge in [0.15, 0.2) is 0 Å². The van der Waals surface area contributed by atoms with Crippen LogP contribution in [0.25, 0.3) is 11.3 Å². The number of hydrogen-bond donors (Lipinski definition) is 1. The van der Waals surface area contributed by atoms with E-state index in [0.29, 0.717) is 26.9 Å². The summed E-state index contributed by atoms with van der Waals surface area (Å²) < 4.78 is 0. The molecule has 2 aromatic rings. The summed E-state index contributed by atoms with van der Waals surface area (Å²) in [7, 11) is 0. The average molecular weight is 283 g/mol. The molecule has 2 rings (SSSR count). The first-order chi connectivity index (χ1) is 8.59. The molecule has 0 amide bonds. The lowest BCUT2D eigenvalue weighted by atomic mass is 10.1. The number of carboxylic acids is 1. The molecule has 0 fully saturated rings. The molecule has 18 heavy (non-hydrogen) atoms. The summed E-state index contributed by atoms with van der Waals surface area (Å²) in [5.41, 5.74) is 1.58. The minimum absolute atomic E-state index is 0.168. The van der Waals surface area contributed by atoms with Crippen LogP contribution in [0.15, 0.2) is 30.7 Å². The van der Waals surface area contributed by atoms with E-state index in [9.17, 15) is 4.79 Å². The van der Waals surface area contributed by atoms with Crippen molar-refractivity contribution in [3.63, 3.8) is 0 Å². The number of carboxylic acid groups (broad SMARTS) is 1. The molecule has 0 aliphatic rings. The number of halogens is 2. The van der Waals surface area contributed by atoms with Gasteiger partial charge in [-0.2, -0.15) is 0 Å². The predicted octanol–water partition coefficient (Wildman–Crippen LogP) is 3.08. The van der Waals surface area contributed by atoms with Gasteiger partial charge in [0.05, 0.1) is 22.2 Å². The van der Waals surface area contributed by atoms with Crippen molar-refractivity contribution in [2.75, 3.05) is 0 Å². The number of carbonyl (C=O) groups is 1. The van der Waals surface area contributed by atoms with Crippen molar-refractivity contribution in [1.82, 2.24) is 9.97 Å². The van der Waals surface area contributed by atoms with Crippen LogP contribution in [0.2, 0.25) is 10.0 Å². The lowest BCUT2D eigenvalue weighted by Gasteiger charge is -2.08. The van der Waals surface area contributed by atoms with Gasteiger partial charge in [-0.15, -0.1) is 0 Å². The summed E-state index contributed by atoms with van der Waals surface area (Å²) in [5.74, 6) is -0.954. The highest BCUT2D eigenvalue weighted by molar-refractivity contribution is 6.43. The first kappa shape index (κ1) is 12.8. The Bertz CT molecular complexity index is 602. The summed E-state index contributed by atoms with van der Waals surface area (Å²) in [6.07, 6.45) is 2.64. The number of rotatable bonds is 3. The van der Waals surface area contributed by atoms with E-state index in [4.69, 9.17) is 28.3 Å². The summed E-state index contributed by atoms with van der Waals surface area (Å²) in [5, 5.41) is 9.60. The number of benzene rings is 1. The van der Waals surface area contributed by atoms with Crippen LogP contribution in [0.1, 0.15) is 5.56 Å². The Kier molecular flexibility index (Phi) is 3.79. The summed E-state index contributed by atoms with van der Waals surface area (Å²) in [4.78, 5) is 18.7. The van der Waals surface area contributed by atoms with Gasteiger partial charge in [0, 0.05) is 17.3 Å². The average Bonchev–Trinajstić information content (AvgIpc) is 2.33. The Morgan fingerprint density at radius 1 is 1.33 bits per heavy atom. The molecule has 0 spiro atoms. The Hall–Kier alpha value is -1.65. The van der Waals surface area contributed by atoms with Crippen molar-refractivity contribution >= 4 is 29.2 Å². The molecule has 6 heteroatoms. The number of nitrogens with zero attached hydrogens (tertiary/aromatic N) is 2. The third-order valence-electron chi connectivity index (χ3n) is 2.34. The molecule has 92 valence electrons. The van der Waals surface area contributed by atoms with Gasteiger partial charge in [-0.05, 0) is 6.07 Å². The molecule has 0 saturated carbocycles. The second-order valence-electron chi connectivity index (χ2n) is 3.57. The van der Waals surface area contributed by atoms with Crippen LogP contribution in [-0.2, 0) is 11.2 Å². The highest BCUT2D eigenvalue weighted by atomic mass is 35.5. The van der Waals surface area contributed by atoms with Crippen molar-refractivity contribution in [2.24, 2.45) is 0 Å². The van der Waals surface area contributed by atoms with E-state index >= 15 is 0 Å². The molecule has 0 bridgehead atoms. The molecule has 0 radical (unpaired) electrons. The van der Waals surface area contributed by atoms with Gasteiger partial charge in [-0.25, -0.2) is 9.97 Å². The normalized spacial score (nSPS) is 10.3. The van der Waals surface area contributed by atoms with Gasteiger partial charge in [0.2, 0.25) is 0 Å². The second-order valence-corrected chi connectivity index (χ2v) is 4.35. The molecule has 0 saturated heterocycles. The van der Waals surface area contributed by atoms with Gasteiger partial charge in [0.1, 0.15) is 6.33 Å². The first-order valence-electron chi connectivity index (χ1n) is 5.04. The highest BCUT2D eigenvalue weighted by Gasteiger charge is 2.14. The third kappa shape index (κ3) is 2.60. The van der Waals surface area contributed by atoms with E-state index in [1.807, 2.05) is 0 Å². The van der Waals surface area contributed by atoms with Gasteiger partial charge >= 0.3 is 5.97 Å². The summed E-state index contributed by atoms with van der Waals surface area (Å²) in [6.45, 7) is 0. The molecule has 1 aromatic carbocycles. The van der Waals surface area contributed by atoms with Crippen LogP contribution >= 0.6 is 23.2 Å². The molecule has 1 aromatic heterocycles. The molecule has 0 aliphatic heterocycles. The molecule has 1 N–H and O–H groups in total. The van der Waals surface area contributed by atoms with Gasteiger partial charge in [-0.3, -0.25) is 4.79 Å². The standard InChI is InChI=1S/C12H8Cl2N2O2/c13-9-3-1-2-8(11(9)14)12-7(4-10(17)18)5-15-6-16-12/h1-3,5-6H,4H2,(H,17,18). The predicted molar refractivity (Wildman–Crippen MR) is 68.8 cm³/mol. The molecule has 0 aliphatic carbocycles. The minimum Gasteiger partial charge on any atom is -0.481 e. The van der Waals surface area contributed by atoms with Crippen LogP contribution in [0, 0.1) is 0 Å². The zero-order chi connectivity index (χ0) is 13.1. The van der Waals surface area contributed by atoms with Crippen molar-refractivity contribution in [3.8, 4) is 11.3 Å². The molecular formula is C12H8Cl2N2O2. The van der Waals surface area contributed by atoms with Crippen LogP contribution in [0.5, 0.6) is 0 Å².